The van der Waals surface area contributed by atoms with Gasteiger partial charge in [-0.3, -0.25) is 9.59 Å². The molecule has 3 atom stereocenters. The largest absolute Gasteiger partial charge is 0.460 e. The third kappa shape index (κ3) is 6.13. The second-order valence-corrected chi connectivity index (χ2v) is 9.31. The maximum atomic E-state index is 14.6. The average molecular weight is 415 g/mol. The van der Waals surface area contributed by atoms with Crippen LogP contribution in [0, 0.1) is 23.5 Å². The van der Waals surface area contributed by atoms with E-state index in [4.69, 9.17) is 15.2 Å². The summed E-state index contributed by atoms with van der Waals surface area (Å²) in [4.78, 5) is 25.6. The normalized spacial score (nSPS) is 16.5. The molecule has 1 aromatic rings. The van der Waals surface area contributed by atoms with Gasteiger partial charge in [0, 0.05) is 11.3 Å². The fourth-order valence-corrected chi connectivity index (χ4v) is 3.05. The van der Waals surface area contributed by atoms with E-state index in [1.54, 1.807) is 41.5 Å². The molecule has 0 saturated carbocycles. The summed E-state index contributed by atoms with van der Waals surface area (Å²) in [5.74, 6) is -7.29. The lowest BCUT2D eigenvalue weighted by Gasteiger charge is -2.37. The Morgan fingerprint density at radius 3 is 1.86 bits per heavy atom. The van der Waals surface area contributed by atoms with Crippen LogP contribution < -0.4 is 5.73 Å². The molecule has 0 aliphatic rings. The molecule has 0 aliphatic heterocycles. The second-order valence-electron chi connectivity index (χ2n) is 9.31. The summed E-state index contributed by atoms with van der Waals surface area (Å²) in [6.07, 6.45) is 0. The highest BCUT2D eigenvalue weighted by molar-refractivity contribution is 5.84. The molecule has 1 aromatic carbocycles. The van der Waals surface area contributed by atoms with Crippen LogP contribution in [-0.2, 0) is 24.7 Å². The topological polar surface area (TPSA) is 98.9 Å². The number of hydrogen-bond donors (Lipinski definition) is 2. The predicted molar refractivity (Wildman–Crippen MR) is 105 cm³/mol. The van der Waals surface area contributed by atoms with E-state index in [1.165, 1.54) is 6.92 Å². The zero-order chi connectivity index (χ0) is 22.9. The lowest BCUT2D eigenvalue weighted by Crippen LogP contribution is -2.48. The van der Waals surface area contributed by atoms with Crippen molar-refractivity contribution in [2.24, 2.45) is 11.8 Å². The van der Waals surface area contributed by atoms with Gasteiger partial charge >= 0.3 is 11.9 Å². The minimum atomic E-state index is -2.37. The highest BCUT2D eigenvalue weighted by Crippen LogP contribution is 2.41. The molecule has 0 bridgehead atoms. The van der Waals surface area contributed by atoms with Crippen LogP contribution in [0.1, 0.15) is 61.0 Å². The van der Waals surface area contributed by atoms with Crippen molar-refractivity contribution in [1.29, 1.82) is 0 Å². The molecule has 3 unspecified atom stereocenters. The lowest BCUT2D eigenvalue weighted by molar-refractivity contribution is -0.184. The first kappa shape index (κ1) is 24.8. The zero-order valence-electron chi connectivity index (χ0n) is 18.2. The molecule has 164 valence electrons. The third-order valence-corrected chi connectivity index (χ3v) is 4.18. The molecule has 3 N–H and O–H groups in total. The van der Waals surface area contributed by atoms with Crippen molar-refractivity contribution in [1.82, 2.24) is 0 Å². The number of aliphatic hydroxyl groups is 1. The number of rotatable bonds is 5. The summed E-state index contributed by atoms with van der Waals surface area (Å²) in [6.45, 7) is 12.2. The summed E-state index contributed by atoms with van der Waals surface area (Å²) in [5.41, 5.74) is 0.716. The van der Waals surface area contributed by atoms with Crippen LogP contribution in [0.2, 0.25) is 0 Å². The lowest BCUT2D eigenvalue weighted by atomic mass is 9.75. The summed E-state index contributed by atoms with van der Waals surface area (Å²) in [7, 11) is 0. The Morgan fingerprint density at radius 1 is 0.966 bits per heavy atom. The molecule has 0 saturated heterocycles. The van der Waals surface area contributed by atoms with Crippen LogP contribution in [-0.4, -0.2) is 28.2 Å². The number of carbonyl (C=O) groups excluding carboxylic acids is 2. The first-order valence-electron chi connectivity index (χ1n) is 9.30. The molecule has 6 nitrogen and oxygen atoms in total. The van der Waals surface area contributed by atoms with E-state index in [0.717, 1.165) is 19.1 Å². The standard InChI is InChI=1S/C21H31F2NO5/c1-11(17(25)28-19(2,3)4)14(18(26)29-20(5,6)7)21(8,27)15-13(24)10-9-12(22)16(15)23/h9-11,14,27H,24H2,1-8H3. The highest BCUT2D eigenvalue weighted by atomic mass is 19.2. The fraction of sp³-hybridized carbons (Fsp3) is 0.619. The highest BCUT2D eigenvalue weighted by Gasteiger charge is 2.50. The molecule has 0 radical (unpaired) electrons. The monoisotopic (exact) mass is 415 g/mol. The Labute approximate surface area is 170 Å². The van der Waals surface area contributed by atoms with Gasteiger partial charge in [-0.25, -0.2) is 8.78 Å². The fourth-order valence-electron chi connectivity index (χ4n) is 3.05. The molecule has 0 spiro atoms. The Hall–Kier alpha value is -2.22. The van der Waals surface area contributed by atoms with Crippen molar-refractivity contribution in [3.63, 3.8) is 0 Å². The van der Waals surface area contributed by atoms with Crippen LogP contribution in [0.3, 0.4) is 0 Å². The number of hydrogen-bond acceptors (Lipinski definition) is 6. The van der Waals surface area contributed by atoms with Gasteiger partial charge in [-0.2, -0.15) is 0 Å². The SMILES string of the molecule is CC(C(=O)OC(C)(C)C)C(C(=O)OC(C)(C)C)C(C)(O)c1c(N)ccc(F)c1F. The van der Waals surface area contributed by atoms with Gasteiger partial charge in [-0.15, -0.1) is 0 Å². The third-order valence-electron chi connectivity index (χ3n) is 4.18. The van der Waals surface area contributed by atoms with Crippen LogP contribution in [0.4, 0.5) is 14.5 Å². The molecule has 0 amide bonds. The maximum absolute atomic E-state index is 14.6. The molecular weight excluding hydrogens is 384 g/mol. The van der Waals surface area contributed by atoms with Crippen molar-refractivity contribution in [3.8, 4) is 0 Å². The summed E-state index contributed by atoms with van der Waals surface area (Å²) >= 11 is 0. The molecule has 0 fully saturated rings. The molecule has 29 heavy (non-hydrogen) atoms. The van der Waals surface area contributed by atoms with Crippen LogP contribution >= 0.6 is 0 Å². The van der Waals surface area contributed by atoms with E-state index < -0.39 is 57.8 Å². The average Bonchev–Trinajstić information content (AvgIpc) is 2.47. The number of carbonyl (C=O) groups is 2. The first-order chi connectivity index (χ1) is 12.9. The zero-order valence-corrected chi connectivity index (χ0v) is 18.2. The second kappa shape index (κ2) is 8.26. The van der Waals surface area contributed by atoms with Crippen molar-refractivity contribution < 1.29 is 33.0 Å². The van der Waals surface area contributed by atoms with E-state index >= 15 is 0 Å². The first-order valence-corrected chi connectivity index (χ1v) is 9.30. The number of esters is 2. The summed E-state index contributed by atoms with van der Waals surface area (Å²) in [5, 5.41) is 11.2. The number of ether oxygens (including phenoxy) is 2. The number of halogens is 2. The van der Waals surface area contributed by atoms with Gasteiger partial charge in [-0.1, -0.05) is 6.92 Å². The van der Waals surface area contributed by atoms with Crippen LogP contribution in [0.15, 0.2) is 12.1 Å². The van der Waals surface area contributed by atoms with Gasteiger partial charge < -0.3 is 20.3 Å². The van der Waals surface area contributed by atoms with Gasteiger partial charge in [0.1, 0.15) is 22.7 Å². The molecular formula is C21H31F2NO5. The number of anilines is 1. The van der Waals surface area contributed by atoms with E-state index in [0.29, 0.717) is 0 Å². The van der Waals surface area contributed by atoms with E-state index in [2.05, 4.69) is 0 Å². The molecule has 1 rings (SSSR count). The Morgan fingerprint density at radius 2 is 1.41 bits per heavy atom. The predicted octanol–water partition coefficient (Wildman–Crippen LogP) is 3.69. The number of nitrogen functional groups attached to an aromatic ring is 1. The van der Waals surface area contributed by atoms with Gasteiger partial charge in [0.25, 0.3) is 0 Å². The quantitative estimate of drug-likeness (QED) is 0.562. The Kier molecular flexibility index (Phi) is 7.07. The molecule has 0 aromatic heterocycles. The molecule has 0 aliphatic carbocycles. The van der Waals surface area contributed by atoms with Gasteiger partial charge in [-0.05, 0) is 60.6 Å². The smallest absolute Gasteiger partial charge is 0.313 e. The molecule has 8 heteroatoms. The molecule has 0 heterocycles. The van der Waals surface area contributed by atoms with E-state index in [-0.39, 0.29) is 5.69 Å². The van der Waals surface area contributed by atoms with Crippen LogP contribution in [0.5, 0.6) is 0 Å². The van der Waals surface area contributed by atoms with Crippen LogP contribution in [0.25, 0.3) is 0 Å². The van der Waals surface area contributed by atoms with E-state index in [9.17, 15) is 23.5 Å². The van der Waals surface area contributed by atoms with Gasteiger partial charge in [0.05, 0.1) is 5.92 Å². The minimum absolute atomic E-state index is 0.265. The van der Waals surface area contributed by atoms with Crippen molar-refractivity contribution in [3.05, 3.63) is 29.3 Å². The van der Waals surface area contributed by atoms with Crippen molar-refractivity contribution >= 4 is 17.6 Å². The van der Waals surface area contributed by atoms with Crippen molar-refractivity contribution in [2.75, 3.05) is 5.73 Å². The van der Waals surface area contributed by atoms with Gasteiger partial charge in [0.15, 0.2) is 11.6 Å². The van der Waals surface area contributed by atoms with Gasteiger partial charge in [0.2, 0.25) is 0 Å². The van der Waals surface area contributed by atoms with Crippen molar-refractivity contribution in [2.45, 2.75) is 72.2 Å². The number of benzene rings is 1. The van der Waals surface area contributed by atoms with E-state index in [1.807, 2.05) is 0 Å². The number of nitrogens with two attached hydrogens (primary N) is 1. The summed E-state index contributed by atoms with van der Waals surface area (Å²) in [6, 6.07) is 1.89. The minimum Gasteiger partial charge on any atom is -0.460 e. The Bertz CT molecular complexity index is 779. The summed E-state index contributed by atoms with van der Waals surface area (Å²) < 4.78 is 39.1. The maximum Gasteiger partial charge on any atom is 0.313 e. The Balaban J connectivity index is 3.57.